The van der Waals surface area contributed by atoms with Gasteiger partial charge in [-0.2, -0.15) is 0 Å². The Labute approximate surface area is 103 Å². The van der Waals surface area contributed by atoms with Gasteiger partial charge in [0.2, 0.25) is 0 Å². The third kappa shape index (κ3) is 5.20. The van der Waals surface area contributed by atoms with E-state index in [9.17, 15) is 4.79 Å². The van der Waals surface area contributed by atoms with Crippen LogP contribution in [0.1, 0.15) is 31.4 Å². The molecular formula is C14H20N2O. The van der Waals surface area contributed by atoms with Gasteiger partial charge < -0.3 is 10.6 Å². The number of carbonyl (C=O) groups is 1. The lowest BCUT2D eigenvalue weighted by Crippen LogP contribution is -2.38. The van der Waals surface area contributed by atoms with Gasteiger partial charge in [0.15, 0.2) is 0 Å². The van der Waals surface area contributed by atoms with E-state index in [2.05, 4.69) is 10.6 Å². The Balaban J connectivity index is 2.39. The van der Waals surface area contributed by atoms with Crippen LogP contribution in [0.15, 0.2) is 30.5 Å². The molecule has 17 heavy (non-hydrogen) atoms. The quantitative estimate of drug-likeness (QED) is 0.823. The minimum Gasteiger partial charge on any atom is -0.335 e. The zero-order chi connectivity index (χ0) is 12.7. The maximum Gasteiger partial charge on any atom is 0.318 e. The normalized spacial score (nSPS) is 12.4. The third-order valence-corrected chi connectivity index (χ3v) is 2.56. The van der Waals surface area contributed by atoms with Gasteiger partial charge >= 0.3 is 6.03 Å². The molecule has 0 aliphatic heterocycles. The van der Waals surface area contributed by atoms with Crippen molar-refractivity contribution in [2.75, 3.05) is 0 Å². The molecule has 0 aliphatic rings. The van der Waals surface area contributed by atoms with Crippen molar-refractivity contribution in [1.29, 1.82) is 0 Å². The van der Waals surface area contributed by atoms with Crippen LogP contribution in [0.2, 0.25) is 0 Å². The SMILES string of the molecule is CCC(C)NC(=O)N/C=C/c1ccc(C)cc1. The second kappa shape index (κ2) is 6.74. The zero-order valence-corrected chi connectivity index (χ0v) is 10.7. The van der Waals surface area contributed by atoms with Crippen molar-refractivity contribution in [3.05, 3.63) is 41.6 Å². The topological polar surface area (TPSA) is 41.1 Å². The molecule has 1 unspecified atom stereocenters. The number of carbonyl (C=O) groups excluding carboxylic acids is 1. The van der Waals surface area contributed by atoms with Gasteiger partial charge in [-0.1, -0.05) is 36.8 Å². The molecule has 0 aromatic heterocycles. The molecule has 1 aromatic rings. The molecule has 1 atom stereocenters. The van der Waals surface area contributed by atoms with Crippen LogP contribution in [0.25, 0.3) is 6.08 Å². The first-order valence-electron chi connectivity index (χ1n) is 5.92. The summed E-state index contributed by atoms with van der Waals surface area (Å²) in [6, 6.07) is 8.14. The predicted molar refractivity (Wildman–Crippen MR) is 71.6 cm³/mol. The summed E-state index contributed by atoms with van der Waals surface area (Å²) >= 11 is 0. The average molecular weight is 232 g/mol. The Hall–Kier alpha value is -1.77. The van der Waals surface area contributed by atoms with E-state index in [1.165, 1.54) is 5.56 Å². The van der Waals surface area contributed by atoms with E-state index in [-0.39, 0.29) is 12.1 Å². The summed E-state index contributed by atoms with van der Waals surface area (Å²) < 4.78 is 0. The summed E-state index contributed by atoms with van der Waals surface area (Å²) in [5, 5.41) is 5.50. The van der Waals surface area contributed by atoms with Crippen LogP contribution in [-0.4, -0.2) is 12.1 Å². The number of urea groups is 1. The molecule has 2 N–H and O–H groups in total. The van der Waals surface area contributed by atoms with Gasteiger partial charge in [0.25, 0.3) is 0 Å². The minimum absolute atomic E-state index is 0.164. The number of rotatable bonds is 4. The second-order valence-corrected chi connectivity index (χ2v) is 4.17. The van der Waals surface area contributed by atoms with Gasteiger partial charge in [0.05, 0.1) is 0 Å². The van der Waals surface area contributed by atoms with E-state index >= 15 is 0 Å². The first-order chi connectivity index (χ1) is 8.11. The molecular weight excluding hydrogens is 212 g/mol. The number of aryl methyl sites for hydroxylation is 1. The molecule has 3 heteroatoms. The molecule has 0 saturated heterocycles. The van der Waals surface area contributed by atoms with Crippen LogP contribution >= 0.6 is 0 Å². The van der Waals surface area contributed by atoms with Crippen molar-refractivity contribution >= 4 is 12.1 Å². The van der Waals surface area contributed by atoms with Gasteiger partial charge in [0, 0.05) is 12.2 Å². The van der Waals surface area contributed by atoms with Gasteiger partial charge in [0.1, 0.15) is 0 Å². The summed E-state index contributed by atoms with van der Waals surface area (Å²) in [6.45, 7) is 6.06. The minimum atomic E-state index is -0.164. The molecule has 0 fully saturated rings. The maximum atomic E-state index is 11.4. The first-order valence-corrected chi connectivity index (χ1v) is 5.92. The van der Waals surface area contributed by atoms with Gasteiger partial charge in [-0.3, -0.25) is 0 Å². The second-order valence-electron chi connectivity index (χ2n) is 4.17. The van der Waals surface area contributed by atoms with E-state index in [4.69, 9.17) is 0 Å². The summed E-state index contributed by atoms with van der Waals surface area (Å²) in [5.74, 6) is 0. The predicted octanol–water partition coefficient (Wildman–Crippen LogP) is 3.06. The van der Waals surface area contributed by atoms with Crippen LogP contribution in [0.5, 0.6) is 0 Å². The summed E-state index contributed by atoms with van der Waals surface area (Å²) in [6.07, 6.45) is 4.45. The van der Waals surface area contributed by atoms with Crippen molar-refractivity contribution in [2.45, 2.75) is 33.2 Å². The van der Waals surface area contributed by atoms with Crippen molar-refractivity contribution in [3.8, 4) is 0 Å². The molecule has 1 aromatic carbocycles. The Kier molecular flexibility index (Phi) is 5.27. The Bertz CT molecular complexity index is 382. The number of amides is 2. The highest BCUT2D eigenvalue weighted by Gasteiger charge is 2.01. The molecule has 0 saturated carbocycles. The van der Waals surface area contributed by atoms with Crippen LogP contribution in [0.3, 0.4) is 0 Å². The molecule has 92 valence electrons. The molecule has 0 radical (unpaired) electrons. The zero-order valence-electron chi connectivity index (χ0n) is 10.7. The van der Waals surface area contributed by atoms with Crippen LogP contribution < -0.4 is 10.6 Å². The summed E-state index contributed by atoms with van der Waals surface area (Å²) in [4.78, 5) is 11.4. The fraction of sp³-hybridized carbons (Fsp3) is 0.357. The van der Waals surface area contributed by atoms with Crippen molar-refractivity contribution in [3.63, 3.8) is 0 Å². The van der Waals surface area contributed by atoms with E-state index in [0.717, 1.165) is 12.0 Å². The summed E-state index contributed by atoms with van der Waals surface area (Å²) in [7, 11) is 0. The average Bonchev–Trinajstić information content (AvgIpc) is 2.31. The Morgan fingerprint density at radius 2 is 2.00 bits per heavy atom. The lowest BCUT2D eigenvalue weighted by Gasteiger charge is -2.10. The van der Waals surface area contributed by atoms with E-state index in [1.54, 1.807) is 6.20 Å². The first kappa shape index (κ1) is 13.3. The van der Waals surface area contributed by atoms with Crippen molar-refractivity contribution in [2.24, 2.45) is 0 Å². The van der Waals surface area contributed by atoms with Gasteiger partial charge in [-0.15, -0.1) is 0 Å². The van der Waals surface area contributed by atoms with Gasteiger partial charge in [-0.25, -0.2) is 4.79 Å². The standard InChI is InChI=1S/C14H20N2O/c1-4-12(3)16-14(17)15-10-9-13-7-5-11(2)6-8-13/h5-10,12H,4H2,1-3H3,(H2,15,16,17)/b10-9+. The number of benzene rings is 1. The largest absolute Gasteiger partial charge is 0.335 e. The lowest BCUT2D eigenvalue weighted by molar-refractivity contribution is 0.241. The molecule has 0 heterocycles. The van der Waals surface area contributed by atoms with Crippen LogP contribution in [0.4, 0.5) is 4.79 Å². The maximum absolute atomic E-state index is 11.4. The smallest absolute Gasteiger partial charge is 0.318 e. The number of nitrogens with one attached hydrogen (secondary N) is 2. The monoisotopic (exact) mass is 232 g/mol. The van der Waals surface area contributed by atoms with E-state index in [1.807, 2.05) is 51.1 Å². The molecule has 1 rings (SSSR count). The van der Waals surface area contributed by atoms with Crippen LogP contribution in [-0.2, 0) is 0 Å². The van der Waals surface area contributed by atoms with Crippen molar-refractivity contribution in [1.82, 2.24) is 10.6 Å². The molecule has 2 amide bonds. The van der Waals surface area contributed by atoms with Crippen molar-refractivity contribution < 1.29 is 4.79 Å². The summed E-state index contributed by atoms with van der Waals surface area (Å²) in [5.41, 5.74) is 2.30. The third-order valence-electron chi connectivity index (χ3n) is 2.56. The molecule has 3 nitrogen and oxygen atoms in total. The molecule has 0 bridgehead atoms. The number of hydrogen-bond donors (Lipinski definition) is 2. The highest BCUT2D eigenvalue weighted by Crippen LogP contribution is 2.04. The number of hydrogen-bond acceptors (Lipinski definition) is 1. The molecule has 0 aliphatic carbocycles. The van der Waals surface area contributed by atoms with Gasteiger partial charge in [-0.05, 0) is 31.9 Å². The highest BCUT2D eigenvalue weighted by atomic mass is 16.2. The van der Waals surface area contributed by atoms with E-state index < -0.39 is 0 Å². The highest BCUT2D eigenvalue weighted by molar-refractivity contribution is 5.76. The Morgan fingerprint density at radius 1 is 1.35 bits per heavy atom. The fourth-order valence-electron chi connectivity index (χ4n) is 1.26. The fourth-order valence-corrected chi connectivity index (χ4v) is 1.26. The Morgan fingerprint density at radius 3 is 2.59 bits per heavy atom. The lowest BCUT2D eigenvalue weighted by atomic mass is 10.1. The van der Waals surface area contributed by atoms with E-state index in [0.29, 0.717) is 0 Å². The van der Waals surface area contributed by atoms with Crippen LogP contribution in [0, 0.1) is 6.92 Å². The molecule has 0 spiro atoms.